The van der Waals surface area contributed by atoms with Crippen molar-refractivity contribution in [3.8, 4) is 11.5 Å². The third-order valence-electron chi connectivity index (χ3n) is 6.59. The highest BCUT2D eigenvalue weighted by Crippen LogP contribution is 2.33. The van der Waals surface area contributed by atoms with Crippen LogP contribution in [0.5, 0.6) is 11.5 Å². The van der Waals surface area contributed by atoms with Gasteiger partial charge in [-0.3, -0.25) is 9.59 Å². The van der Waals surface area contributed by atoms with Crippen LogP contribution < -0.4 is 15.4 Å². The van der Waals surface area contributed by atoms with Crippen molar-refractivity contribution in [2.75, 3.05) is 12.4 Å². The fraction of sp³-hybridized carbons (Fsp3) is 0.500. The number of aromatic hydroxyl groups is 1. The quantitative estimate of drug-likeness (QED) is 0.339. The summed E-state index contributed by atoms with van der Waals surface area (Å²) in [5.74, 6) is -0.690. The van der Waals surface area contributed by atoms with Crippen molar-refractivity contribution < 1.29 is 29.0 Å². The van der Waals surface area contributed by atoms with Crippen molar-refractivity contribution >= 4 is 23.6 Å². The van der Waals surface area contributed by atoms with Crippen molar-refractivity contribution in [3.05, 3.63) is 54.1 Å². The molecule has 2 aromatic rings. The van der Waals surface area contributed by atoms with Gasteiger partial charge in [-0.25, -0.2) is 4.79 Å². The minimum atomic E-state index is -1.18. The number of benzene rings is 2. The largest absolute Gasteiger partial charge is 0.508 e. The second kappa shape index (κ2) is 13.9. The maximum Gasteiger partial charge on any atom is 0.408 e. The first-order valence-corrected chi connectivity index (χ1v) is 13.4. The van der Waals surface area contributed by atoms with E-state index in [0.29, 0.717) is 24.3 Å². The van der Waals surface area contributed by atoms with Crippen LogP contribution in [-0.4, -0.2) is 52.7 Å². The van der Waals surface area contributed by atoms with E-state index in [-0.39, 0.29) is 17.2 Å². The lowest BCUT2D eigenvalue weighted by molar-refractivity contribution is -0.144. The summed E-state index contributed by atoms with van der Waals surface area (Å²) in [6.07, 6.45) is 0.414. The average Bonchev–Trinajstić information content (AvgIpc) is 2.89. The van der Waals surface area contributed by atoms with Crippen LogP contribution in [0.4, 0.5) is 10.5 Å². The second-order valence-electron chi connectivity index (χ2n) is 10.7. The highest BCUT2D eigenvalue weighted by molar-refractivity contribution is 5.99. The molecule has 0 radical (unpaired) electrons. The van der Waals surface area contributed by atoms with Crippen molar-refractivity contribution in [2.45, 2.75) is 85.0 Å². The number of hydrogen-bond acceptors (Lipinski definition) is 6. The molecule has 3 amide bonds. The number of rotatable bonds is 11. The highest BCUT2D eigenvalue weighted by atomic mass is 16.6. The number of amides is 3. The molecule has 2 aromatic carbocycles. The molecule has 0 aliphatic carbocycles. The molecule has 0 fully saturated rings. The Balaban J connectivity index is 2.58. The van der Waals surface area contributed by atoms with Crippen LogP contribution in [-0.2, 0) is 14.3 Å². The Morgan fingerprint density at radius 3 is 2.10 bits per heavy atom. The van der Waals surface area contributed by atoms with E-state index in [1.807, 2.05) is 27.7 Å². The normalized spacial score (nSPS) is 14.4. The van der Waals surface area contributed by atoms with Crippen molar-refractivity contribution in [2.24, 2.45) is 5.92 Å². The Morgan fingerprint density at radius 2 is 1.59 bits per heavy atom. The van der Waals surface area contributed by atoms with Gasteiger partial charge in [0, 0.05) is 17.3 Å². The summed E-state index contributed by atoms with van der Waals surface area (Å²) >= 11 is 0. The Labute approximate surface area is 231 Å². The Kier molecular flexibility index (Phi) is 11.2. The first-order chi connectivity index (χ1) is 18.3. The van der Waals surface area contributed by atoms with Crippen LogP contribution in [0.25, 0.3) is 0 Å². The number of methoxy groups -OCH3 is 1. The van der Waals surface area contributed by atoms with Gasteiger partial charge in [-0.05, 0) is 70.4 Å². The Morgan fingerprint density at radius 1 is 0.974 bits per heavy atom. The first-order valence-electron chi connectivity index (χ1n) is 13.4. The number of phenols is 1. The molecule has 2 rings (SSSR count). The molecule has 9 nitrogen and oxygen atoms in total. The lowest BCUT2D eigenvalue weighted by Crippen LogP contribution is -2.56. The maximum absolute atomic E-state index is 14.3. The summed E-state index contributed by atoms with van der Waals surface area (Å²) < 4.78 is 10.6. The van der Waals surface area contributed by atoms with Crippen molar-refractivity contribution in [1.29, 1.82) is 0 Å². The minimum Gasteiger partial charge on any atom is -0.508 e. The van der Waals surface area contributed by atoms with Gasteiger partial charge in [0.25, 0.3) is 5.91 Å². The van der Waals surface area contributed by atoms with Gasteiger partial charge in [0.1, 0.15) is 29.2 Å². The van der Waals surface area contributed by atoms with E-state index in [1.54, 1.807) is 70.3 Å². The summed E-state index contributed by atoms with van der Waals surface area (Å²) in [6.45, 7) is 12.8. The standard InChI is InChI=1S/C30H43N3O6/c1-9-19(3)25(32-29(37)39-30(5,6)7)28(36)33(20(4)10-2)26(23-13-11-12-14-24(23)34)27(35)31-21-15-17-22(38-8)18-16-21/h11-20,25-26,34H,9-10H2,1-8H3,(H,31,35)(H,32,37). The molecule has 0 aromatic heterocycles. The highest BCUT2D eigenvalue weighted by Gasteiger charge is 2.41. The van der Waals surface area contributed by atoms with Gasteiger partial charge in [0.2, 0.25) is 5.91 Å². The van der Waals surface area contributed by atoms with E-state index in [4.69, 9.17) is 9.47 Å². The van der Waals surface area contributed by atoms with Gasteiger partial charge in [0.05, 0.1) is 7.11 Å². The molecule has 0 saturated carbocycles. The molecule has 0 aliphatic heterocycles. The third-order valence-corrected chi connectivity index (χ3v) is 6.59. The summed E-state index contributed by atoms with van der Waals surface area (Å²) in [7, 11) is 1.55. The Hall–Kier alpha value is -3.75. The van der Waals surface area contributed by atoms with Crippen LogP contribution in [0, 0.1) is 5.92 Å². The molecule has 0 aliphatic rings. The van der Waals surface area contributed by atoms with Crippen LogP contribution in [0.3, 0.4) is 0 Å². The number of phenolic OH excluding ortho intramolecular Hbond substituents is 1. The molecular weight excluding hydrogens is 498 g/mol. The number of carbonyl (C=O) groups excluding carboxylic acids is 3. The van der Waals surface area contributed by atoms with Gasteiger partial charge in [-0.15, -0.1) is 0 Å². The average molecular weight is 542 g/mol. The van der Waals surface area contributed by atoms with Gasteiger partial charge in [-0.2, -0.15) is 0 Å². The topological polar surface area (TPSA) is 117 Å². The van der Waals surface area contributed by atoms with Crippen molar-refractivity contribution in [1.82, 2.24) is 10.2 Å². The summed E-state index contributed by atoms with van der Waals surface area (Å²) in [5.41, 5.74) is 0.0283. The molecule has 3 N–H and O–H groups in total. The molecule has 0 bridgehead atoms. The van der Waals surface area contributed by atoms with Gasteiger partial charge in [0.15, 0.2) is 0 Å². The molecule has 0 saturated heterocycles. The van der Waals surface area contributed by atoms with Gasteiger partial charge < -0.3 is 30.1 Å². The molecule has 39 heavy (non-hydrogen) atoms. The Bertz CT molecular complexity index is 1110. The molecule has 0 spiro atoms. The van der Waals surface area contributed by atoms with E-state index >= 15 is 0 Å². The zero-order valence-corrected chi connectivity index (χ0v) is 24.3. The van der Waals surface area contributed by atoms with E-state index < -0.39 is 41.6 Å². The molecule has 9 heteroatoms. The second-order valence-corrected chi connectivity index (χ2v) is 10.7. The predicted octanol–water partition coefficient (Wildman–Crippen LogP) is 5.65. The zero-order valence-electron chi connectivity index (χ0n) is 24.3. The smallest absolute Gasteiger partial charge is 0.408 e. The number of anilines is 1. The monoisotopic (exact) mass is 541 g/mol. The number of para-hydroxylation sites is 1. The molecule has 0 heterocycles. The van der Waals surface area contributed by atoms with Gasteiger partial charge >= 0.3 is 6.09 Å². The lowest BCUT2D eigenvalue weighted by Gasteiger charge is -2.39. The molecular formula is C30H43N3O6. The van der Waals surface area contributed by atoms with Crippen LogP contribution >= 0.6 is 0 Å². The predicted molar refractivity (Wildman–Crippen MR) is 152 cm³/mol. The van der Waals surface area contributed by atoms with E-state index in [2.05, 4.69) is 10.6 Å². The van der Waals surface area contributed by atoms with Crippen LogP contribution in [0.1, 0.15) is 72.9 Å². The van der Waals surface area contributed by atoms with Crippen molar-refractivity contribution in [3.63, 3.8) is 0 Å². The van der Waals surface area contributed by atoms with Gasteiger partial charge in [-0.1, -0.05) is 45.4 Å². The molecule has 4 atom stereocenters. The first kappa shape index (κ1) is 31.5. The minimum absolute atomic E-state index is 0.117. The number of ether oxygens (including phenoxy) is 2. The number of nitrogens with one attached hydrogen (secondary N) is 2. The number of carbonyl (C=O) groups is 3. The number of alkyl carbamates (subject to hydrolysis) is 1. The fourth-order valence-corrected chi connectivity index (χ4v) is 4.09. The number of hydrogen-bond donors (Lipinski definition) is 3. The number of nitrogens with zero attached hydrogens (tertiary/aromatic N) is 1. The summed E-state index contributed by atoms with van der Waals surface area (Å²) in [5, 5.41) is 16.4. The summed E-state index contributed by atoms with van der Waals surface area (Å²) in [6, 6.07) is 10.7. The fourth-order valence-electron chi connectivity index (χ4n) is 4.09. The van der Waals surface area contributed by atoms with Crippen LogP contribution in [0.15, 0.2) is 48.5 Å². The zero-order chi connectivity index (χ0) is 29.3. The van der Waals surface area contributed by atoms with E-state index in [1.165, 1.54) is 11.0 Å². The van der Waals surface area contributed by atoms with Crippen LogP contribution in [0.2, 0.25) is 0 Å². The van der Waals surface area contributed by atoms with E-state index in [0.717, 1.165) is 0 Å². The SMILES string of the molecule is CCC(C)C(NC(=O)OC(C)(C)C)C(=O)N(C(C)CC)C(C(=O)Nc1ccc(OC)cc1)c1ccccc1O. The third kappa shape index (κ3) is 8.63. The van der Waals surface area contributed by atoms with E-state index in [9.17, 15) is 19.5 Å². The molecule has 214 valence electrons. The maximum atomic E-state index is 14.3. The molecule has 4 unspecified atom stereocenters. The lowest BCUT2D eigenvalue weighted by atomic mass is 9.94. The summed E-state index contributed by atoms with van der Waals surface area (Å²) in [4.78, 5) is 42.4.